The highest BCUT2D eigenvalue weighted by Gasteiger charge is 2.24. The summed E-state index contributed by atoms with van der Waals surface area (Å²) in [7, 11) is 1.71. The average molecular weight is 266 g/mol. The molecule has 1 unspecified atom stereocenters. The van der Waals surface area contributed by atoms with E-state index in [-0.39, 0.29) is 11.6 Å². The average Bonchev–Trinajstić information content (AvgIpc) is 2.44. The van der Waals surface area contributed by atoms with Crippen molar-refractivity contribution < 1.29 is 14.2 Å². The molecule has 5 heteroatoms. The molecule has 0 aliphatic carbocycles. The highest BCUT2D eigenvalue weighted by Crippen LogP contribution is 2.34. The first-order chi connectivity index (χ1) is 9.05. The summed E-state index contributed by atoms with van der Waals surface area (Å²) < 4.78 is 16.6. The Kier molecular flexibility index (Phi) is 4.29. The Balaban J connectivity index is 2.19. The lowest BCUT2D eigenvalue weighted by Crippen LogP contribution is -2.35. The minimum atomic E-state index is -0.246. The van der Waals surface area contributed by atoms with Gasteiger partial charge in [0.05, 0.1) is 5.60 Å². The monoisotopic (exact) mass is 266 g/mol. The van der Waals surface area contributed by atoms with E-state index in [1.165, 1.54) is 0 Å². The van der Waals surface area contributed by atoms with Crippen LogP contribution in [0, 0.1) is 0 Å². The van der Waals surface area contributed by atoms with Gasteiger partial charge in [0, 0.05) is 13.2 Å². The second kappa shape index (κ2) is 5.77. The highest BCUT2D eigenvalue weighted by molar-refractivity contribution is 5.44. The third-order valence-electron chi connectivity index (χ3n) is 3.42. The van der Waals surface area contributed by atoms with Gasteiger partial charge in [-0.2, -0.15) is 0 Å². The fourth-order valence-corrected chi connectivity index (χ4v) is 2.12. The van der Waals surface area contributed by atoms with Crippen LogP contribution >= 0.6 is 0 Å². The smallest absolute Gasteiger partial charge is 0.161 e. The number of nitrogens with two attached hydrogens (primary N) is 1. The summed E-state index contributed by atoms with van der Waals surface area (Å²) in [6.45, 7) is 5.26. The van der Waals surface area contributed by atoms with Crippen molar-refractivity contribution in [3.05, 3.63) is 23.8 Å². The van der Waals surface area contributed by atoms with Gasteiger partial charge >= 0.3 is 0 Å². The summed E-state index contributed by atoms with van der Waals surface area (Å²) in [5.41, 5.74) is 3.66. The summed E-state index contributed by atoms with van der Waals surface area (Å²) >= 11 is 0. The minimum absolute atomic E-state index is 0.00535. The molecule has 106 valence electrons. The summed E-state index contributed by atoms with van der Waals surface area (Å²) in [4.78, 5) is 0. The number of hydrazine groups is 1. The third-order valence-corrected chi connectivity index (χ3v) is 3.42. The van der Waals surface area contributed by atoms with E-state index < -0.39 is 0 Å². The van der Waals surface area contributed by atoms with E-state index in [1.54, 1.807) is 7.11 Å². The highest BCUT2D eigenvalue weighted by atomic mass is 16.6. The predicted octanol–water partition coefficient (Wildman–Crippen LogP) is 1.78. The Hall–Kier alpha value is -1.30. The maximum absolute atomic E-state index is 5.67. The Morgan fingerprint density at radius 3 is 2.63 bits per heavy atom. The lowest BCUT2D eigenvalue weighted by molar-refractivity contribution is 0.00677. The molecule has 0 amide bonds. The van der Waals surface area contributed by atoms with Crippen LogP contribution in [0.25, 0.3) is 0 Å². The van der Waals surface area contributed by atoms with E-state index >= 15 is 0 Å². The molecule has 1 aromatic carbocycles. The molecule has 1 aliphatic heterocycles. The van der Waals surface area contributed by atoms with Gasteiger partial charge < -0.3 is 14.2 Å². The van der Waals surface area contributed by atoms with Gasteiger partial charge in [0.2, 0.25) is 0 Å². The van der Waals surface area contributed by atoms with Crippen molar-refractivity contribution in [2.24, 2.45) is 5.84 Å². The van der Waals surface area contributed by atoms with E-state index in [1.807, 2.05) is 32.0 Å². The van der Waals surface area contributed by atoms with Crippen LogP contribution in [0.5, 0.6) is 11.5 Å². The first kappa shape index (κ1) is 14.1. The molecule has 0 radical (unpaired) electrons. The van der Waals surface area contributed by atoms with E-state index in [4.69, 9.17) is 20.1 Å². The van der Waals surface area contributed by atoms with Crippen molar-refractivity contribution >= 4 is 0 Å². The first-order valence-electron chi connectivity index (χ1n) is 6.46. The van der Waals surface area contributed by atoms with Crippen molar-refractivity contribution in [1.29, 1.82) is 0 Å². The maximum Gasteiger partial charge on any atom is 0.161 e. The summed E-state index contributed by atoms with van der Waals surface area (Å²) in [6.07, 6.45) is 0.764. The Bertz CT molecular complexity index is 435. The van der Waals surface area contributed by atoms with Crippen molar-refractivity contribution in [3.8, 4) is 11.5 Å². The minimum Gasteiger partial charge on any atom is -0.486 e. The van der Waals surface area contributed by atoms with E-state index in [2.05, 4.69) is 5.43 Å². The van der Waals surface area contributed by atoms with E-state index in [9.17, 15) is 0 Å². The molecule has 5 nitrogen and oxygen atoms in total. The fraction of sp³-hybridized carbons (Fsp3) is 0.571. The molecule has 19 heavy (non-hydrogen) atoms. The van der Waals surface area contributed by atoms with Crippen molar-refractivity contribution in [3.63, 3.8) is 0 Å². The summed E-state index contributed by atoms with van der Waals surface area (Å²) in [6, 6.07) is 5.91. The van der Waals surface area contributed by atoms with Crippen molar-refractivity contribution in [1.82, 2.24) is 5.43 Å². The van der Waals surface area contributed by atoms with Crippen LogP contribution in [0.3, 0.4) is 0 Å². The standard InChI is InChI=1S/C14H22N2O3/c1-14(2,17-3)9-11(16-15)10-4-5-12-13(8-10)19-7-6-18-12/h4-5,8,11,16H,6-7,9,15H2,1-3H3. The number of hydrogen-bond acceptors (Lipinski definition) is 5. The SMILES string of the molecule is COC(C)(C)CC(NN)c1ccc2c(c1)OCCO2. The topological polar surface area (TPSA) is 65.7 Å². The van der Waals surface area contributed by atoms with Gasteiger partial charge in [-0.15, -0.1) is 0 Å². The number of hydrogen-bond donors (Lipinski definition) is 2. The van der Waals surface area contributed by atoms with Crippen LogP contribution in [-0.2, 0) is 4.74 Å². The van der Waals surface area contributed by atoms with Gasteiger partial charge in [-0.25, -0.2) is 0 Å². The number of methoxy groups -OCH3 is 1. The number of ether oxygens (including phenoxy) is 3. The van der Waals surface area contributed by atoms with Gasteiger partial charge in [0.15, 0.2) is 11.5 Å². The number of rotatable bonds is 5. The van der Waals surface area contributed by atoms with Crippen LogP contribution in [0.2, 0.25) is 0 Å². The Labute approximate surface area is 114 Å². The molecule has 0 spiro atoms. The summed E-state index contributed by atoms with van der Waals surface area (Å²) in [5, 5.41) is 0. The molecule has 2 rings (SSSR count). The molecule has 0 saturated heterocycles. The molecule has 1 aliphatic rings. The summed E-state index contributed by atoms with van der Waals surface area (Å²) in [5.74, 6) is 7.23. The Morgan fingerprint density at radius 2 is 2.00 bits per heavy atom. The molecular formula is C14H22N2O3. The first-order valence-corrected chi connectivity index (χ1v) is 6.46. The number of benzene rings is 1. The maximum atomic E-state index is 5.67. The van der Waals surface area contributed by atoms with E-state index in [0.717, 1.165) is 23.5 Å². The van der Waals surface area contributed by atoms with Crippen molar-refractivity contribution in [2.45, 2.75) is 31.9 Å². The second-order valence-electron chi connectivity index (χ2n) is 5.29. The lowest BCUT2D eigenvalue weighted by Gasteiger charge is -2.29. The van der Waals surface area contributed by atoms with Crippen LogP contribution in [0.15, 0.2) is 18.2 Å². The fourth-order valence-electron chi connectivity index (χ4n) is 2.12. The van der Waals surface area contributed by atoms with Crippen LogP contribution in [0.4, 0.5) is 0 Å². The van der Waals surface area contributed by atoms with Gasteiger partial charge in [0.25, 0.3) is 0 Å². The Morgan fingerprint density at radius 1 is 1.32 bits per heavy atom. The molecule has 0 fully saturated rings. The predicted molar refractivity (Wildman–Crippen MR) is 73.2 cm³/mol. The zero-order chi connectivity index (χ0) is 13.9. The van der Waals surface area contributed by atoms with Gasteiger partial charge in [0.1, 0.15) is 13.2 Å². The second-order valence-corrected chi connectivity index (χ2v) is 5.29. The normalized spacial score (nSPS) is 16.2. The zero-order valence-corrected chi connectivity index (χ0v) is 11.7. The molecular weight excluding hydrogens is 244 g/mol. The van der Waals surface area contributed by atoms with Crippen LogP contribution < -0.4 is 20.7 Å². The quantitative estimate of drug-likeness (QED) is 0.628. The number of nitrogens with one attached hydrogen (secondary N) is 1. The van der Waals surface area contributed by atoms with Crippen LogP contribution in [-0.4, -0.2) is 25.9 Å². The largest absolute Gasteiger partial charge is 0.486 e. The lowest BCUT2D eigenvalue weighted by atomic mass is 9.94. The van der Waals surface area contributed by atoms with Crippen molar-refractivity contribution in [2.75, 3.05) is 20.3 Å². The van der Waals surface area contributed by atoms with Gasteiger partial charge in [-0.05, 0) is 38.0 Å². The molecule has 1 aromatic rings. The van der Waals surface area contributed by atoms with Crippen LogP contribution in [0.1, 0.15) is 31.9 Å². The van der Waals surface area contributed by atoms with Gasteiger partial charge in [-0.3, -0.25) is 11.3 Å². The zero-order valence-electron chi connectivity index (χ0n) is 11.7. The molecule has 0 saturated carbocycles. The molecule has 3 N–H and O–H groups in total. The molecule has 0 aromatic heterocycles. The molecule has 1 atom stereocenters. The molecule has 0 bridgehead atoms. The van der Waals surface area contributed by atoms with E-state index in [0.29, 0.717) is 13.2 Å². The third kappa shape index (κ3) is 3.37. The number of fused-ring (bicyclic) bond motifs is 1. The molecule has 1 heterocycles. The van der Waals surface area contributed by atoms with Gasteiger partial charge in [-0.1, -0.05) is 6.07 Å².